The molecule has 17 nitrogen and oxygen atoms in total. The second-order valence-corrected chi connectivity index (χ2v) is 26.4. The van der Waals surface area contributed by atoms with Gasteiger partial charge >= 0.3 is 24.1 Å². The number of ether oxygens (including phenoxy) is 13. The van der Waals surface area contributed by atoms with Crippen molar-refractivity contribution in [1.82, 2.24) is 0 Å². The smallest absolute Gasteiger partial charge is 0.456 e. The average Bonchev–Trinajstić information content (AvgIpc) is 1.60. The number of carbonyl (C=O) groups excluding carboxylic acids is 4. The molecule has 452 valence electrons. The summed E-state index contributed by atoms with van der Waals surface area (Å²) in [7, 11) is 0. The average molecular weight is 1160 g/mol. The van der Waals surface area contributed by atoms with Crippen LogP contribution >= 0.6 is 0 Å². The molecule has 22 atom stereocenters. The van der Waals surface area contributed by atoms with Crippen molar-refractivity contribution in [3.63, 3.8) is 0 Å². The van der Waals surface area contributed by atoms with Gasteiger partial charge in [0.25, 0.3) is 0 Å². The lowest BCUT2D eigenvalue weighted by molar-refractivity contribution is -0.396. The maximum Gasteiger partial charge on any atom is 0.508 e. The Morgan fingerprint density at radius 2 is 1.32 bits per heavy atom. The van der Waals surface area contributed by atoms with Crippen molar-refractivity contribution >= 4 is 24.1 Å². The van der Waals surface area contributed by atoms with Crippen molar-refractivity contribution in [3.8, 4) is 11.1 Å². The first-order valence-corrected chi connectivity index (χ1v) is 30.9. The molecular formula is C67H82O17. The third kappa shape index (κ3) is 10.3. The van der Waals surface area contributed by atoms with Crippen LogP contribution < -0.4 is 0 Å². The Bertz CT molecular complexity index is 2930. The number of carbonyl (C=O) groups is 4. The van der Waals surface area contributed by atoms with Crippen LogP contribution in [-0.4, -0.2) is 123 Å². The number of benzene rings is 3. The summed E-state index contributed by atoms with van der Waals surface area (Å²) in [5.41, 5.74) is 6.41. The molecule has 0 N–H and O–H groups in total. The summed E-state index contributed by atoms with van der Waals surface area (Å²) in [4.78, 5) is 53.2. The number of fused-ring (bicyclic) bond motifs is 11. The Balaban J connectivity index is 0.806. The molecule has 3 aromatic rings. The highest BCUT2D eigenvalue weighted by Gasteiger charge is 2.69. The Morgan fingerprint density at radius 3 is 2.02 bits per heavy atom. The number of esters is 3. The Kier molecular flexibility index (Phi) is 15.7. The molecule has 5 heterocycles. The molecule has 84 heavy (non-hydrogen) atoms. The first-order valence-electron chi connectivity index (χ1n) is 30.9. The van der Waals surface area contributed by atoms with Gasteiger partial charge < -0.3 is 61.6 Å². The van der Waals surface area contributed by atoms with Gasteiger partial charge in [-0.1, -0.05) is 118 Å². The summed E-state index contributed by atoms with van der Waals surface area (Å²) in [5, 5.41) is 0. The van der Waals surface area contributed by atoms with Crippen LogP contribution in [-0.2, 0) is 76.0 Å². The van der Waals surface area contributed by atoms with Crippen LogP contribution in [0.4, 0.5) is 4.79 Å². The van der Waals surface area contributed by atoms with E-state index in [-0.39, 0.29) is 42.2 Å². The van der Waals surface area contributed by atoms with Crippen molar-refractivity contribution in [3.05, 3.63) is 107 Å². The highest BCUT2D eigenvalue weighted by Crippen LogP contribution is 2.71. The summed E-state index contributed by atoms with van der Waals surface area (Å²) < 4.78 is 84.9. The number of allylic oxidation sites excluding steroid dienone is 1. The van der Waals surface area contributed by atoms with E-state index in [4.69, 9.17) is 61.6 Å². The quantitative estimate of drug-likeness (QED) is 0.100. The molecule has 1 spiro atoms. The molecule has 5 aliphatic heterocycles. The lowest BCUT2D eigenvalue weighted by Gasteiger charge is -2.59. The SMILES string of the molecule is CC(=O)O[C@@H]1[C@@H](OC(C)=O)[C@H](C)O[C@@H](O[C@H]2[C@H](O[C@H]3CC[C@@]4(C)C(=CC[C@H]5[C@@H]6C[C@@H]7O[C@]8(CC[C@@H](C)CO8)[C@@H](C)[C@@H]7[C@@]6(C)CC[C@@H]54)C3)O[C@@H]3CO[C@@H](c4ccccc4)O[C@@H]3[C@@H]2OC(=O)OCC2c3ccccc3-c3ccccc32)[C@@H]1OC(C)=O. The van der Waals surface area contributed by atoms with E-state index >= 15 is 0 Å². The van der Waals surface area contributed by atoms with Crippen LogP contribution in [0.25, 0.3) is 11.1 Å². The Morgan fingerprint density at radius 1 is 0.643 bits per heavy atom. The molecule has 0 bridgehead atoms. The van der Waals surface area contributed by atoms with Crippen LogP contribution in [0.15, 0.2) is 90.5 Å². The van der Waals surface area contributed by atoms with E-state index in [1.165, 1.54) is 26.3 Å². The molecular weight excluding hydrogens is 1080 g/mol. The van der Waals surface area contributed by atoms with Gasteiger partial charge in [0.1, 0.15) is 18.8 Å². The summed E-state index contributed by atoms with van der Waals surface area (Å²) in [5.74, 6) is 0.0875. The van der Waals surface area contributed by atoms with E-state index in [1.54, 1.807) is 6.92 Å². The Hall–Kier alpha value is -5.24. The zero-order valence-corrected chi connectivity index (χ0v) is 49.6. The fourth-order valence-corrected chi connectivity index (χ4v) is 17.6. The van der Waals surface area contributed by atoms with Gasteiger partial charge in [-0.05, 0) is 121 Å². The number of hydrogen-bond acceptors (Lipinski definition) is 17. The fourth-order valence-electron chi connectivity index (χ4n) is 17.6. The largest absolute Gasteiger partial charge is 0.508 e. The molecule has 13 rings (SSSR count). The van der Waals surface area contributed by atoms with Gasteiger partial charge in [0.15, 0.2) is 55.2 Å². The molecule has 0 aromatic heterocycles. The number of hydrogen-bond donors (Lipinski definition) is 0. The minimum atomic E-state index is -1.53. The maximum atomic E-state index is 14.7. The molecule has 3 aromatic carbocycles. The second kappa shape index (κ2) is 22.8. The van der Waals surface area contributed by atoms with E-state index in [9.17, 15) is 19.2 Å². The van der Waals surface area contributed by atoms with Crippen LogP contribution in [0.2, 0.25) is 0 Å². The van der Waals surface area contributed by atoms with Crippen molar-refractivity contribution in [2.24, 2.45) is 46.3 Å². The molecule has 3 saturated carbocycles. The van der Waals surface area contributed by atoms with Crippen LogP contribution in [0.5, 0.6) is 0 Å². The highest BCUT2D eigenvalue weighted by atomic mass is 16.8. The zero-order chi connectivity index (χ0) is 58.4. The molecule has 0 unspecified atom stereocenters. The third-order valence-corrected chi connectivity index (χ3v) is 21.5. The minimum absolute atomic E-state index is 0.0305. The van der Waals surface area contributed by atoms with Gasteiger partial charge in [0.05, 0.1) is 31.5 Å². The van der Waals surface area contributed by atoms with Crippen molar-refractivity contribution < 1.29 is 80.8 Å². The first-order chi connectivity index (χ1) is 40.4. The first kappa shape index (κ1) is 57.8. The standard InChI is InChI=1S/C67H82O17/c1-35-24-29-67(74-32-35)36(2)54-52(84-67)31-51-48-23-22-42-30-43(25-27-65(42,7)50(48)26-28-66(51,54)8)79-63-60(82-62-59(78-40(6)70)57(77-39(5)69)55(37(3)75-62)76-38(4)68)58(56-53(80-63)34-72-61(81-56)41-16-10-9-11-17-41)83-64(71)73-33-49-46-20-14-12-18-44(46)45-19-13-15-21-47(45)49/h9-22,35-37,43,48-63H,23-34H2,1-8H3/t35-,36+,37+,43+,48-,50+,51+,52+,53-,54+,55+,56+,57-,58+,59-,60-,61-,62+,63-,65+,66+,67-/m1/s1. The van der Waals surface area contributed by atoms with Crippen LogP contribution in [0, 0.1) is 46.3 Å². The summed E-state index contributed by atoms with van der Waals surface area (Å²) in [6.07, 6.45) is -3.29. The highest BCUT2D eigenvalue weighted by molar-refractivity contribution is 5.79. The van der Waals surface area contributed by atoms with Crippen molar-refractivity contribution in [1.29, 1.82) is 0 Å². The fraction of sp³-hybridized carbons (Fsp3) is 0.642. The maximum absolute atomic E-state index is 14.7. The topological polar surface area (TPSA) is 188 Å². The van der Waals surface area contributed by atoms with Gasteiger partial charge in [-0.15, -0.1) is 0 Å². The summed E-state index contributed by atoms with van der Waals surface area (Å²) >= 11 is 0. The third-order valence-electron chi connectivity index (χ3n) is 21.5. The molecule has 10 aliphatic rings. The summed E-state index contributed by atoms with van der Waals surface area (Å²) in [6, 6.07) is 25.6. The van der Waals surface area contributed by atoms with Gasteiger partial charge in [0.2, 0.25) is 0 Å². The minimum Gasteiger partial charge on any atom is -0.456 e. The van der Waals surface area contributed by atoms with E-state index < -0.39 is 97.6 Å². The molecule has 0 radical (unpaired) electrons. The number of rotatable bonds is 11. The normalized spacial score (nSPS) is 41.9. The van der Waals surface area contributed by atoms with Crippen LogP contribution in [0.3, 0.4) is 0 Å². The lowest BCUT2D eigenvalue weighted by Crippen LogP contribution is -2.67. The van der Waals surface area contributed by atoms with E-state index in [0.29, 0.717) is 48.3 Å². The second-order valence-electron chi connectivity index (χ2n) is 26.4. The van der Waals surface area contributed by atoms with Crippen molar-refractivity contribution in [2.45, 2.75) is 205 Å². The van der Waals surface area contributed by atoms with Gasteiger partial charge in [-0.25, -0.2) is 4.79 Å². The predicted octanol–water partition coefficient (Wildman–Crippen LogP) is 10.8. The summed E-state index contributed by atoms with van der Waals surface area (Å²) in [6.45, 7) is 15.7. The van der Waals surface area contributed by atoms with E-state index in [0.717, 1.165) is 79.4 Å². The van der Waals surface area contributed by atoms with Gasteiger partial charge in [0, 0.05) is 44.6 Å². The van der Waals surface area contributed by atoms with E-state index in [1.807, 2.05) is 66.7 Å². The van der Waals surface area contributed by atoms with Crippen molar-refractivity contribution in [2.75, 3.05) is 19.8 Å². The zero-order valence-electron chi connectivity index (χ0n) is 49.6. The van der Waals surface area contributed by atoms with Crippen LogP contribution in [0.1, 0.15) is 142 Å². The predicted molar refractivity (Wildman–Crippen MR) is 301 cm³/mol. The van der Waals surface area contributed by atoms with Gasteiger partial charge in [-0.3, -0.25) is 14.4 Å². The van der Waals surface area contributed by atoms with E-state index in [2.05, 4.69) is 45.9 Å². The Labute approximate surface area is 492 Å². The molecule has 5 saturated heterocycles. The lowest BCUT2D eigenvalue weighted by atomic mass is 9.47. The monoisotopic (exact) mass is 1160 g/mol. The molecule has 8 fully saturated rings. The van der Waals surface area contributed by atoms with Gasteiger partial charge in [-0.2, -0.15) is 0 Å². The molecule has 17 heteroatoms. The molecule has 0 amide bonds. The molecule has 5 aliphatic carbocycles.